The quantitative estimate of drug-likeness (QED) is 0.264. The molecule has 0 atom stereocenters. The SMILES string of the molecule is Cc1nc2nn(C)cc2cc1-n1nc(-c2cccc3nn(CCC4CCC(C(=O)O)CC4)cc23)c(C(C)C)c1C. The van der Waals surface area contributed by atoms with Gasteiger partial charge in [0.05, 0.1) is 28.5 Å². The van der Waals surface area contributed by atoms with E-state index in [1.54, 1.807) is 4.68 Å². The zero-order valence-corrected chi connectivity index (χ0v) is 23.9. The van der Waals surface area contributed by atoms with Crippen LogP contribution in [0.25, 0.3) is 38.9 Å². The Hall–Kier alpha value is -4.01. The summed E-state index contributed by atoms with van der Waals surface area (Å²) in [7, 11) is 1.91. The van der Waals surface area contributed by atoms with Crippen LogP contribution in [0.4, 0.5) is 0 Å². The highest BCUT2D eigenvalue weighted by atomic mass is 16.4. The summed E-state index contributed by atoms with van der Waals surface area (Å²) in [4.78, 5) is 16.1. The Morgan fingerprint density at radius 3 is 2.58 bits per heavy atom. The molecule has 1 N–H and O–H groups in total. The van der Waals surface area contributed by atoms with Gasteiger partial charge in [-0.1, -0.05) is 26.0 Å². The molecule has 40 heavy (non-hydrogen) atoms. The Kier molecular flexibility index (Phi) is 6.68. The van der Waals surface area contributed by atoms with Crippen LogP contribution in [0.5, 0.6) is 0 Å². The first-order valence-electron chi connectivity index (χ1n) is 14.3. The van der Waals surface area contributed by atoms with Gasteiger partial charge < -0.3 is 5.11 Å². The van der Waals surface area contributed by atoms with Gasteiger partial charge in [0.25, 0.3) is 0 Å². The van der Waals surface area contributed by atoms with Crippen LogP contribution in [0.2, 0.25) is 0 Å². The van der Waals surface area contributed by atoms with Gasteiger partial charge in [-0.15, -0.1) is 0 Å². The molecular weight excluding hydrogens is 502 g/mol. The second-order valence-corrected chi connectivity index (χ2v) is 11.7. The van der Waals surface area contributed by atoms with E-state index in [2.05, 4.69) is 61.0 Å². The lowest BCUT2D eigenvalue weighted by Gasteiger charge is -2.25. The third kappa shape index (κ3) is 4.67. The normalized spacial score (nSPS) is 17.9. The number of hydrogen-bond acceptors (Lipinski definition) is 5. The highest BCUT2D eigenvalue weighted by Crippen LogP contribution is 2.37. The second-order valence-electron chi connectivity index (χ2n) is 11.7. The molecule has 0 aliphatic heterocycles. The van der Waals surface area contributed by atoms with Crippen molar-refractivity contribution in [2.75, 3.05) is 0 Å². The van der Waals surface area contributed by atoms with E-state index in [4.69, 9.17) is 15.2 Å². The maximum absolute atomic E-state index is 11.3. The number of aromatic nitrogens is 7. The van der Waals surface area contributed by atoms with Crippen molar-refractivity contribution in [3.63, 3.8) is 0 Å². The van der Waals surface area contributed by atoms with Crippen LogP contribution in [-0.4, -0.2) is 45.4 Å². The van der Waals surface area contributed by atoms with Crippen molar-refractivity contribution in [2.24, 2.45) is 18.9 Å². The van der Waals surface area contributed by atoms with E-state index in [-0.39, 0.29) is 11.8 Å². The maximum Gasteiger partial charge on any atom is 0.306 e. The first-order valence-corrected chi connectivity index (χ1v) is 14.3. The molecule has 9 nitrogen and oxygen atoms in total. The fourth-order valence-corrected chi connectivity index (χ4v) is 6.43. The van der Waals surface area contributed by atoms with Crippen LogP contribution in [0.1, 0.15) is 68.8 Å². The zero-order chi connectivity index (χ0) is 28.1. The number of aliphatic carboxylic acids is 1. The van der Waals surface area contributed by atoms with Gasteiger partial charge in [0.1, 0.15) is 0 Å². The number of nitrogens with zero attached hydrogens (tertiary/aromatic N) is 7. The molecule has 1 aliphatic rings. The minimum Gasteiger partial charge on any atom is -0.481 e. The minimum absolute atomic E-state index is 0.171. The van der Waals surface area contributed by atoms with Crippen LogP contribution < -0.4 is 0 Å². The molecule has 0 bridgehead atoms. The molecule has 1 aromatic carbocycles. The van der Waals surface area contributed by atoms with E-state index in [9.17, 15) is 9.90 Å². The van der Waals surface area contributed by atoms with Crippen molar-refractivity contribution >= 4 is 27.9 Å². The highest BCUT2D eigenvalue weighted by molar-refractivity contribution is 5.94. The highest BCUT2D eigenvalue weighted by Gasteiger charge is 2.26. The number of carboxylic acid groups (broad SMARTS) is 1. The topological polar surface area (TPSA) is 104 Å². The van der Waals surface area contributed by atoms with Crippen LogP contribution in [0, 0.1) is 25.7 Å². The lowest BCUT2D eigenvalue weighted by Crippen LogP contribution is -2.22. The molecule has 0 amide bonds. The van der Waals surface area contributed by atoms with Gasteiger partial charge in [0, 0.05) is 53.6 Å². The first-order chi connectivity index (χ1) is 19.2. The molecule has 0 radical (unpaired) electrons. The van der Waals surface area contributed by atoms with Crippen LogP contribution in [-0.2, 0) is 18.4 Å². The van der Waals surface area contributed by atoms with E-state index < -0.39 is 5.97 Å². The summed E-state index contributed by atoms with van der Waals surface area (Å²) in [6, 6.07) is 8.40. The first kappa shape index (κ1) is 26.2. The van der Waals surface area contributed by atoms with E-state index in [1.165, 1.54) is 5.56 Å². The summed E-state index contributed by atoms with van der Waals surface area (Å²) < 4.78 is 5.89. The van der Waals surface area contributed by atoms with Crippen molar-refractivity contribution in [2.45, 2.75) is 72.3 Å². The average Bonchev–Trinajstić information content (AvgIpc) is 3.60. The van der Waals surface area contributed by atoms with Gasteiger partial charge in [-0.2, -0.15) is 15.3 Å². The fraction of sp³-hybridized carbons (Fsp3) is 0.452. The second kappa shape index (κ2) is 10.2. The van der Waals surface area contributed by atoms with Crippen LogP contribution in [0.15, 0.2) is 36.7 Å². The van der Waals surface area contributed by atoms with Gasteiger partial charge in [-0.05, 0) is 69.9 Å². The van der Waals surface area contributed by atoms with Gasteiger partial charge in [-0.3, -0.25) is 14.2 Å². The average molecular weight is 540 g/mol. The Morgan fingerprint density at radius 2 is 1.85 bits per heavy atom. The molecule has 9 heteroatoms. The molecule has 0 unspecified atom stereocenters. The van der Waals surface area contributed by atoms with Gasteiger partial charge in [0.15, 0.2) is 5.65 Å². The molecular formula is C31H37N7O2. The van der Waals surface area contributed by atoms with Crippen molar-refractivity contribution in [1.82, 2.24) is 34.3 Å². The lowest BCUT2D eigenvalue weighted by atomic mass is 9.80. The lowest BCUT2D eigenvalue weighted by molar-refractivity contribution is -0.143. The predicted octanol–water partition coefficient (Wildman–Crippen LogP) is 6.19. The molecule has 6 rings (SSSR count). The summed E-state index contributed by atoms with van der Waals surface area (Å²) in [5.74, 6) is 0.0230. The maximum atomic E-state index is 11.3. The van der Waals surface area contributed by atoms with Crippen molar-refractivity contribution < 1.29 is 9.90 Å². The van der Waals surface area contributed by atoms with E-state index in [0.717, 1.165) is 88.9 Å². The standard InChI is InChI=1S/C31H37N7O2/c1-18(2)28-20(4)38(27-15-23-16-36(5)35-30(23)32-19(27)3)34-29(28)24-7-6-8-26-25(24)17-37(33-26)14-13-21-9-11-22(12-10-21)31(39)40/h6-8,15-18,21-22H,9-14H2,1-5H3,(H,39,40). The summed E-state index contributed by atoms with van der Waals surface area (Å²) >= 11 is 0. The van der Waals surface area contributed by atoms with Crippen molar-refractivity contribution in [3.8, 4) is 16.9 Å². The van der Waals surface area contributed by atoms with Gasteiger partial charge >= 0.3 is 5.97 Å². The monoisotopic (exact) mass is 539 g/mol. The third-order valence-corrected chi connectivity index (χ3v) is 8.56. The van der Waals surface area contributed by atoms with E-state index >= 15 is 0 Å². The predicted molar refractivity (Wildman–Crippen MR) is 156 cm³/mol. The zero-order valence-electron chi connectivity index (χ0n) is 23.9. The molecule has 1 fully saturated rings. The summed E-state index contributed by atoms with van der Waals surface area (Å²) in [5, 5.41) is 26.0. The van der Waals surface area contributed by atoms with Crippen LogP contribution >= 0.6 is 0 Å². The minimum atomic E-state index is -0.646. The van der Waals surface area contributed by atoms with Gasteiger partial charge in [0.2, 0.25) is 0 Å². The number of aryl methyl sites for hydroxylation is 3. The molecule has 5 aromatic rings. The van der Waals surface area contributed by atoms with Gasteiger partial charge in [-0.25, -0.2) is 9.67 Å². The molecule has 208 valence electrons. The van der Waals surface area contributed by atoms with Crippen molar-refractivity contribution in [3.05, 3.63) is 53.6 Å². The number of benzene rings is 1. The van der Waals surface area contributed by atoms with E-state index in [1.807, 2.05) is 24.9 Å². The largest absolute Gasteiger partial charge is 0.481 e. The smallest absolute Gasteiger partial charge is 0.306 e. The summed E-state index contributed by atoms with van der Waals surface area (Å²) in [6.07, 6.45) is 8.70. The number of pyridine rings is 1. The third-order valence-electron chi connectivity index (χ3n) is 8.56. The molecule has 4 aromatic heterocycles. The Morgan fingerprint density at radius 1 is 1.07 bits per heavy atom. The molecule has 0 saturated heterocycles. The van der Waals surface area contributed by atoms with Crippen molar-refractivity contribution in [1.29, 1.82) is 0 Å². The fourth-order valence-electron chi connectivity index (χ4n) is 6.43. The number of fused-ring (bicyclic) bond motifs is 2. The summed E-state index contributed by atoms with van der Waals surface area (Å²) in [6.45, 7) is 9.42. The molecule has 4 heterocycles. The number of rotatable bonds is 7. The van der Waals surface area contributed by atoms with E-state index in [0.29, 0.717) is 5.92 Å². The Bertz CT molecular complexity index is 1720. The molecule has 1 aliphatic carbocycles. The molecule has 1 saturated carbocycles. The Balaban J connectivity index is 1.34. The van der Waals surface area contributed by atoms with Crippen LogP contribution in [0.3, 0.4) is 0 Å². The summed E-state index contributed by atoms with van der Waals surface area (Å²) in [5.41, 5.74) is 7.96. The number of carbonyl (C=O) groups is 1. The molecule has 0 spiro atoms. The number of hydrogen-bond donors (Lipinski definition) is 1. The number of carboxylic acids is 1. The Labute approximate surface area is 233 Å².